The predicted octanol–water partition coefficient (Wildman–Crippen LogP) is 3.31. The van der Waals surface area contributed by atoms with E-state index in [0.29, 0.717) is 10.9 Å². The van der Waals surface area contributed by atoms with Gasteiger partial charge in [0.25, 0.3) is 11.5 Å². The Morgan fingerprint density at radius 3 is 2.46 bits per heavy atom. The summed E-state index contributed by atoms with van der Waals surface area (Å²) in [7, 11) is 1.39. The molecule has 0 aliphatic carbocycles. The topological polar surface area (TPSA) is 63.5 Å². The Morgan fingerprint density at radius 2 is 1.86 bits per heavy atom. The number of fused-ring (bicyclic) bond motifs is 1. The van der Waals surface area contributed by atoms with Crippen molar-refractivity contribution in [1.82, 2.24) is 14.7 Å². The SMILES string of the molecule is CNC(=O)c1c(C)sc2nc(Cc3cc(F)c(F)cc3C(F)(F)F)cc(=O)n12. The first-order valence-corrected chi connectivity index (χ1v) is 8.64. The van der Waals surface area contributed by atoms with Gasteiger partial charge in [-0.1, -0.05) is 0 Å². The van der Waals surface area contributed by atoms with Crippen LogP contribution >= 0.6 is 11.3 Å². The van der Waals surface area contributed by atoms with Gasteiger partial charge in [0.1, 0.15) is 5.69 Å². The van der Waals surface area contributed by atoms with Gasteiger partial charge in [-0.15, -0.1) is 11.3 Å². The number of amides is 1. The predicted molar refractivity (Wildman–Crippen MR) is 91.6 cm³/mol. The molecule has 0 unspecified atom stereocenters. The van der Waals surface area contributed by atoms with Crippen molar-refractivity contribution in [3.8, 4) is 0 Å². The van der Waals surface area contributed by atoms with E-state index in [1.165, 1.54) is 7.05 Å². The maximum Gasteiger partial charge on any atom is 0.416 e. The number of nitrogens with one attached hydrogen (secondary N) is 1. The van der Waals surface area contributed by atoms with Gasteiger partial charge in [0.15, 0.2) is 16.6 Å². The molecule has 1 amide bonds. The maximum absolute atomic E-state index is 13.5. The minimum Gasteiger partial charge on any atom is -0.354 e. The van der Waals surface area contributed by atoms with Crippen molar-refractivity contribution < 1.29 is 26.7 Å². The zero-order chi connectivity index (χ0) is 20.8. The number of aryl methyl sites for hydroxylation is 1. The molecule has 2 aromatic heterocycles. The van der Waals surface area contributed by atoms with E-state index in [4.69, 9.17) is 0 Å². The molecule has 148 valence electrons. The number of nitrogens with zero attached hydrogens (tertiary/aromatic N) is 2. The zero-order valence-electron chi connectivity index (χ0n) is 14.4. The monoisotopic (exact) mass is 417 g/mol. The van der Waals surface area contributed by atoms with Crippen LogP contribution in [0, 0.1) is 18.6 Å². The van der Waals surface area contributed by atoms with Crippen LogP contribution < -0.4 is 10.9 Å². The standard InChI is InChI=1S/C17H12F5N3O2S/c1-7-14(15(27)23-2)25-13(26)5-9(24-16(25)28-7)3-8-4-11(18)12(19)6-10(8)17(20,21)22/h4-6H,3H2,1-2H3,(H,23,27). The molecule has 0 aliphatic rings. The van der Waals surface area contributed by atoms with Gasteiger partial charge in [0.05, 0.1) is 11.3 Å². The van der Waals surface area contributed by atoms with Gasteiger partial charge in [0.2, 0.25) is 0 Å². The number of alkyl halides is 3. The maximum atomic E-state index is 13.5. The van der Waals surface area contributed by atoms with E-state index in [-0.39, 0.29) is 22.4 Å². The van der Waals surface area contributed by atoms with E-state index in [2.05, 4.69) is 10.3 Å². The fourth-order valence-electron chi connectivity index (χ4n) is 2.79. The van der Waals surface area contributed by atoms with Gasteiger partial charge in [-0.05, 0) is 24.6 Å². The summed E-state index contributed by atoms with van der Waals surface area (Å²) in [6, 6.07) is 1.49. The van der Waals surface area contributed by atoms with Crippen LogP contribution in [0.25, 0.3) is 4.96 Å². The second-order valence-electron chi connectivity index (χ2n) is 5.89. The number of halogens is 5. The number of hydrogen-bond acceptors (Lipinski definition) is 4. The lowest BCUT2D eigenvalue weighted by Crippen LogP contribution is -2.26. The third kappa shape index (κ3) is 3.49. The zero-order valence-corrected chi connectivity index (χ0v) is 15.3. The third-order valence-corrected chi connectivity index (χ3v) is 4.96. The summed E-state index contributed by atoms with van der Waals surface area (Å²) in [6.45, 7) is 1.60. The van der Waals surface area contributed by atoms with Crippen molar-refractivity contribution in [2.24, 2.45) is 0 Å². The van der Waals surface area contributed by atoms with Crippen molar-refractivity contribution in [2.75, 3.05) is 7.05 Å². The second-order valence-corrected chi connectivity index (χ2v) is 7.07. The average molecular weight is 417 g/mol. The second kappa shape index (κ2) is 6.97. The van der Waals surface area contributed by atoms with Gasteiger partial charge < -0.3 is 5.32 Å². The highest BCUT2D eigenvalue weighted by atomic mass is 32.1. The molecule has 5 nitrogen and oxygen atoms in total. The van der Waals surface area contributed by atoms with E-state index in [1.54, 1.807) is 6.92 Å². The number of carbonyl (C=O) groups is 1. The molecule has 2 heterocycles. The average Bonchev–Trinajstić information content (AvgIpc) is 2.92. The molecule has 0 radical (unpaired) electrons. The van der Waals surface area contributed by atoms with E-state index in [9.17, 15) is 31.5 Å². The highest BCUT2D eigenvalue weighted by Crippen LogP contribution is 2.34. The van der Waals surface area contributed by atoms with Crippen molar-refractivity contribution in [1.29, 1.82) is 0 Å². The van der Waals surface area contributed by atoms with Crippen LogP contribution in [0.3, 0.4) is 0 Å². The molecule has 0 aliphatic heterocycles. The van der Waals surface area contributed by atoms with Gasteiger partial charge in [-0.3, -0.25) is 9.59 Å². The highest BCUT2D eigenvalue weighted by Gasteiger charge is 2.34. The molecule has 0 bridgehead atoms. The Balaban J connectivity index is 2.14. The number of rotatable bonds is 3. The van der Waals surface area contributed by atoms with Gasteiger partial charge >= 0.3 is 6.18 Å². The summed E-state index contributed by atoms with van der Waals surface area (Å²) in [6.07, 6.45) is -5.45. The smallest absolute Gasteiger partial charge is 0.354 e. The molecule has 0 spiro atoms. The lowest BCUT2D eigenvalue weighted by Gasteiger charge is -2.13. The van der Waals surface area contributed by atoms with E-state index in [0.717, 1.165) is 21.8 Å². The summed E-state index contributed by atoms with van der Waals surface area (Å²) in [5, 5.41) is 2.40. The van der Waals surface area contributed by atoms with Gasteiger partial charge in [0, 0.05) is 24.4 Å². The van der Waals surface area contributed by atoms with Crippen LogP contribution in [0.15, 0.2) is 23.0 Å². The Hall–Kier alpha value is -2.82. The molecular formula is C17H12F5N3O2S. The summed E-state index contributed by atoms with van der Waals surface area (Å²) in [4.78, 5) is 29.1. The summed E-state index contributed by atoms with van der Waals surface area (Å²) >= 11 is 1.01. The fourth-order valence-corrected chi connectivity index (χ4v) is 3.78. The molecule has 0 saturated carbocycles. The van der Waals surface area contributed by atoms with Crippen molar-refractivity contribution >= 4 is 22.2 Å². The molecule has 1 aromatic carbocycles. The molecule has 11 heteroatoms. The van der Waals surface area contributed by atoms with Crippen molar-refractivity contribution in [3.05, 3.63) is 67.6 Å². The number of hydrogen-bond donors (Lipinski definition) is 1. The first-order valence-electron chi connectivity index (χ1n) is 7.82. The molecule has 3 aromatic rings. The Labute approximate surface area is 158 Å². The molecular weight excluding hydrogens is 405 g/mol. The van der Waals surface area contributed by atoms with Crippen LogP contribution in [-0.2, 0) is 12.6 Å². The van der Waals surface area contributed by atoms with E-state index < -0.39 is 46.8 Å². The molecule has 1 N–H and O–H groups in total. The van der Waals surface area contributed by atoms with Crippen LogP contribution in [-0.4, -0.2) is 22.3 Å². The minimum atomic E-state index is -4.91. The summed E-state index contributed by atoms with van der Waals surface area (Å²) < 4.78 is 67.3. The molecule has 0 saturated heterocycles. The number of carbonyl (C=O) groups excluding carboxylic acids is 1. The normalized spacial score (nSPS) is 11.8. The number of aromatic nitrogens is 2. The van der Waals surface area contributed by atoms with E-state index >= 15 is 0 Å². The minimum absolute atomic E-state index is 0.0637. The summed E-state index contributed by atoms with van der Waals surface area (Å²) in [5.41, 5.74) is -2.55. The Morgan fingerprint density at radius 1 is 1.21 bits per heavy atom. The van der Waals surface area contributed by atoms with Crippen LogP contribution in [0.5, 0.6) is 0 Å². The molecule has 0 fully saturated rings. The Kier molecular flexibility index (Phi) is 4.96. The van der Waals surface area contributed by atoms with Gasteiger partial charge in [-0.2, -0.15) is 13.2 Å². The van der Waals surface area contributed by atoms with Crippen LogP contribution in [0.4, 0.5) is 22.0 Å². The highest BCUT2D eigenvalue weighted by molar-refractivity contribution is 7.17. The molecule has 28 heavy (non-hydrogen) atoms. The van der Waals surface area contributed by atoms with Gasteiger partial charge in [-0.25, -0.2) is 18.2 Å². The first kappa shape index (κ1) is 19.9. The van der Waals surface area contributed by atoms with E-state index in [1.807, 2.05) is 0 Å². The first-order chi connectivity index (χ1) is 13.0. The van der Waals surface area contributed by atoms with Crippen LogP contribution in [0.1, 0.15) is 32.2 Å². The van der Waals surface area contributed by atoms with Crippen molar-refractivity contribution in [3.63, 3.8) is 0 Å². The number of benzene rings is 1. The fraction of sp³-hybridized carbons (Fsp3) is 0.235. The molecule has 3 rings (SSSR count). The largest absolute Gasteiger partial charge is 0.416 e. The number of thiazole rings is 1. The lowest BCUT2D eigenvalue weighted by molar-refractivity contribution is -0.138. The third-order valence-electron chi connectivity index (χ3n) is 4.01. The van der Waals surface area contributed by atoms with Crippen molar-refractivity contribution in [2.45, 2.75) is 19.5 Å². The van der Waals surface area contributed by atoms with Crippen LogP contribution in [0.2, 0.25) is 0 Å². The lowest BCUT2D eigenvalue weighted by atomic mass is 10.0. The Bertz CT molecular complexity index is 1150. The molecule has 0 atom stereocenters. The summed E-state index contributed by atoms with van der Waals surface area (Å²) in [5.74, 6) is -3.57. The quantitative estimate of drug-likeness (QED) is 0.666.